The Bertz CT molecular complexity index is 765. The lowest BCUT2D eigenvalue weighted by atomic mass is 10.2. The molecule has 3 nitrogen and oxygen atoms in total. The van der Waals surface area contributed by atoms with Gasteiger partial charge in [0.2, 0.25) is 0 Å². The SMILES string of the molecule is Nc1c(C(=O)NCc2cccs2)sc2cccc(Br)c12. The van der Waals surface area contributed by atoms with Crippen LogP contribution in [-0.2, 0) is 6.54 Å². The summed E-state index contributed by atoms with van der Waals surface area (Å²) in [6.45, 7) is 0.533. The van der Waals surface area contributed by atoms with Crippen LogP contribution in [0.2, 0.25) is 0 Å². The van der Waals surface area contributed by atoms with Crippen molar-refractivity contribution in [3.8, 4) is 0 Å². The van der Waals surface area contributed by atoms with Crippen molar-refractivity contribution in [2.24, 2.45) is 0 Å². The van der Waals surface area contributed by atoms with Crippen LogP contribution in [0.4, 0.5) is 5.69 Å². The van der Waals surface area contributed by atoms with Gasteiger partial charge in [0.1, 0.15) is 4.88 Å². The van der Waals surface area contributed by atoms with Gasteiger partial charge in [-0.1, -0.05) is 28.1 Å². The van der Waals surface area contributed by atoms with Gasteiger partial charge >= 0.3 is 0 Å². The molecule has 0 saturated carbocycles. The molecule has 2 heterocycles. The average molecular weight is 367 g/mol. The number of nitrogens with one attached hydrogen (secondary N) is 1. The number of hydrogen-bond acceptors (Lipinski definition) is 4. The molecule has 0 radical (unpaired) electrons. The maximum Gasteiger partial charge on any atom is 0.263 e. The Hall–Kier alpha value is -1.37. The number of anilines is 1. The van der Waals surface area contributed by atoms with Gasteiger partial charge in [-0.25, -0.2) is 0 Å². The first kappa shape index (κ1) is 13.6. The van der Waals surface area contributed by atoms with E-state index in [9.17, 15) is 4.79 Å². The van der Waals surface area contributed by atoms with E-state index in [1.807, 2.05) is 35.7 Å². The van der Waals surface area contributed by atoms with E-state index in [0.717, 1.165) is 19.4 Å². The smallest absolute Gasteiger partial charge is 0.263 e. The average Bonchev–Trinajstić information content (AvgIpc) is 3.05. The van der Waals surface area contributed by atoms with Gasteiger partial charge in [-0.3, -0.25) is 4.79 Å². The molecule has 2 aromatic heterocycles. The minimum atomic E-state index is -0.121. The minimum Gasteiger partial charge on any atom is -0.397 e. The van der Waals surface area contributed by atoms with E-state index in [1.54, 1.807) is 11.3 Å². The van der Waals surface area contributed by atoms with Crippen LogP contribution < -0.4 is 11.1 Å². The molecule has 1 aromatic carbocycles. The van der Waals surface area contributed by atoms with Crippen molar-refractivity contribution in [2.75, 3.05) is 5.73 Å². The van der Waals surface area contributed by atoms with Crippen LogP contribution in [0.25, 0.3) is 10.1 Å². The molecule has 0 unspecified atom stereocenters. The van der Waals surface area contributed by atoms with Gasteiger partial charge in [-0.2, -0.15) is 0 Å². The van der Waals surface area contributed by atoms with E-state index in [4.69, 9.17) is 5.73 Å². The third-order valence-electron chi connectivity index (χ3n) is 2.91. The topological polar surface area (TPSA) is 55.1 Å². The van der Waals surface area contributed by atoms with Crippen molar-refractivity contribution >= 4 is 60.3 Å². The number of halogens is 1. The molecule has 0 aliphatic heterocycles. The predicted octanol–water partition coefficient (Wildman–Crippen LogP) is 4.24. The zero-order chi connectivity index (χ0) is 14.1. The van der Waals surface area contributed by atoms with Gasteiger partial charge in [0, 0.05) is 19.4 Å². The largest absolute Gasteiger partial charge is 0.397 e. The van der Waals surface area contributed by atoms with Crippen molar-refractivity contribution < 1.29 is 4.79 Å². The molecular formula is C14H11BrN2OS2. The first-order valence-corrected chi connectivity index (χ1v) is 8.43. The number of rotatable bonds is 3. The molecule has 6 heteroatoms. The molecule has 3 rings (SSSR count). The fourth-order valence-corrected chi connectivity index (χ4v) is 4.38. The van der Waals surface area contributed by atoms with Crippen molar-refractivity contribution in [3.05, 3.63) is 49.9 Å². The van der Waals surface area contributed by atoms with Crippen molar-refractivity contribution in [1.29, 1.82) is 0 Å². The molecule has 0 fully saturated rings. The van der Waals surface area contributed by atoms with Crippen molar-refractivity contribution in [3.63, 3.8) is 0 Å². The molecule has 0 aliphatic rings. The Kier molecular flexibility index (Phi) is 3.78. The van der Waals surface area contributed by atoms with Crippen LogP contribution in [0.1, 0.15) is 14.5 Å². The lowest BCUT2D eigenvalue weighted by Crippen LogP contribution is -2.22. The number of thiophene rings is 2. The van der Waals surface area contributed by atoms with Gasteiger partial charge in [-0.15, -0.1) is 22.7 Å². The van der Waals surface area contributed by atoms with Gasteiger partial charge in [0.15, 0.2) is 0 Å². The second-order valence-corrected chi connectivity index (χ2v) is 7.16. The molecule has 3 aromatic rings. The molecule has 0 aliphatic carbocycles. The van der Waals surface area contributed by atoms with E-state index in [0.29, 0.717) is 17.1 Å². The highest BCUT2D eigenvalue weighted by molar-refractivity contribution is 9.10. The number of nitrogens with two attached hydrogens (primary N) is 1. The molecule has 102 valence electrons. The van der Waals surface area contributed by atoms with E-state index in [-0.39, 0.29) is 5.91 Å². The fourth-order valence-electron chi connectivity index (χ4n) is 1.96. The highest BCUT2D eigenvalue weighted by Crippen LogP contribution is 2.38. The Labute approximate surface area is 132 Å². The molecular weight excluding hydrogens is 356 g/mol. The molecule has 3 N–H and O–H groups in total. The fraction of sp³-hybridized carbons (Fsp3) is 0.0714. The normalized spacial score (nSPS) is 10.8. The minimum absolute atomic E-state index is 0.121. The third kappa shape index (κ3) is 2.46. The number of fused-ring (bicyclic) bond motifs is 1. The second kappa shape index (κ2) is 5.55. The summed E-state index contributed by atoms with van der Waals surface area (Å²) in [5, 5.41) is 5.82. The summed E-state index contributed by atoms with van der Waals surface area (Å²) in [4.78, 5) is 13.9. The van der Waals surface area contributed by atoms with Crippen molar-refractivity contribution in [2.45, 2.75) is 6.54 Å². The van der Waals surface area contributed by atoms with Crippen LogP contribution in [0.15, 0.2) is 40.2 Å². The van der Waals surface area contributed by atoms with Gasteiger partial charge in [-0.05, 0) is 23.6 Å². The van der Waals surface area contributed by atoms with Crippen LogP contribution >= 0.6 is 38.6 Å². The lowest BCUT2D eigenvalue weighted by molar-refractivity contribution is 0.0956. The Morgan fingerprint density at radius 1 is 1.30 bits per heavy atom. The van der Waals surface area contributed by atoms with Crippen LogP contribution in [0, 0.1) is 0 Å². The first-order valence-electron chi connectivity index (χ1n) is 5.94. The number of nitrogen functional groups attached to an aromatic ring is 1. The third-order valence-corrected chi connectivity index (χ3v) is 5.62. The maximum absolute atomic E-state index is 12.3. The number of benzene rings is 1. The number of hydrogen-bond donors (Lipinski definition) is 2. The second-order valence-electron chi connectivity index (χ2n) is 4.22. The highest BCUT2D eigenvalue weighted by Gasteiger charge is 2.17. The zero-order valence-corrected chi connectivity index (χ0v) is 13.6. The summed E-state index contributed by atoms with van der Waals surface area (Å²) in [5.74, 6) is -0.121. The molecule has 0 atom stereocenters. The van der Waals surface area contributed by atoms with Crippen LogP contribution in [-0.4, -0.2) is 5.91 Å². The van der Waals surface area contributed by atoms with Gasteiger partial charge in [0.25, 0.3) is 5.91 Å². The summed E-state index contributed by atoms with van der Waals surface area (Å²) >= 11 is 6.52. The van der Waals surface area contributed by atoms with E-state index < -0.39 is 0 Å². The highest BCUT2D eigenvalue weighted by atomic mass is 79.9. The summed E-state index contributed by atoms with van der Waals surface area (Å²) in [7, 11) is 0. The number of carbonyl (C=O) groups excluding carboxylic acids is 1. The number of amides is 1. The van der Waals surface area contributed by atoms with E-state index in [2.05, 4.69) is 21.2 Å². The Balaban J connectivity index is 1.88. The number of carbonyl (C=O) groups is 1. The van der Waals surface area contributed by atoms with E-state index >= 15 is 0 Å². The van der Waals surface area contributed by atoms with Gasteiger partial charge < -0.3 is 11.1 Å². The zero-order valence-electron chi connectivity index (χ0n) is 10.4. The quantitative estimate of drug-likeness (QED) is 0.728. The molecule has 1 amide bonds. The monoisotopic (exact) mass is 366 g/mol. The first-order chi connectivity index (χ1) is 9.66. The summed E-state index contributed by atoms with van der Waals surface area (Å²) < 4.78 is 1.93. The molecule has 0 spiro atoms. The van der Waals surface area contributed by atoms with Gasteiger partial charge in [0.05, 0.1) is 12.2 Å². The maximum atomic E-state index is 12.3. The molecule has 0 bridgehead atoms. The predicted molar refractivity (Wildman–Crippen MR) is 89.4 cm³/mol. The summed E-state index contributed by atoms with van der Waals surface area (Å²) in [5.41, 5.74) is 6.65. The molecule has 0 saturated heterocycles. The van der Waals surface area contributed by atoms with Crippen molar-refractivity contribution in [1.82, 2.24) is 5.32 Å². The Morgan fingerprint density at radius 3 is 2.85 bits per heavy atom. The standard InChI is InChI=1S/C14H11BrN2OS2/c15-9-4-1-5-10-11(9)12(16)13(20-10)14(18)17-7-8-3-2-6-19-8/h1-6H,7,16H2,(H,17,18). The van der Waals surface area contributed by atoms with Crippen LogP contribution in [0.3, 0.4) is 0 Å². The van der Waals surface area contributed by atoms with E-state index in [1.165, 1.54) is 11.3 Å². The molecule has 20 heavy (non-hydrogen) atoms. The Morgan fingerprint density at radius 2 is 2.15 bits per heavy atom. The lowest BCUT2D eigenvalue weighted by Gasteiger charge is -2.02. The van der Waals surface area contributed by atoms with Crippen LogP contribution in [0.5, 0.6) is 0 Å². The summed E-state index contributed by atoms with van der Waals surface area (Å²) in [6.07, 6.45) is 0. The summed E-state index contributed by atoms with van der Waals surface area (Å²) in [6, 6.07) is 9.80.